The number of unbranched alkanes of at least 4 members (excludes halogenated alkanes) is 4. The Labute approximate surface area is 178 Å². The molecule has 0 heterocycles. The van der Waals surface area contributed by atoms with Crippen molar-refractivity contribution in [1.29, 1.82) is 0 Å². The molecule has 0 saturated carbocycles. The van der Waals surface area contributed by atoms with Gasteiger partial charge < -0.3 is 22.1 Å². The fraction of sp³-hybridized carbons (Fsp3) is 0.800. The third-order valence-electron chi connectivity index (χ3n) is 4.37. The summed E-state index contributed by atoms with van der Waals surface area (Å²) >= 11 is 1.28. The average molecular weight is 431 g/mol. The fourth-order valence-electron chi connectivity index (χ4n) is 2.44. The first-order valence-corrected chi connectivity index (χ1v) is 11.6. The van der Waals surface area contributed by atoms with Crippen LogP contribution in [0.15, 0.2) is 0 Å². The van der Waals surface area contributed by atoms with E-state index in [-0.39, 0.29) is 35.7 Å². The minimum absolute atomic E-state index is 0.0491. The quantitative estimate of drug-likeness (QED) is 0.186. The zero-order valence-electron chi connectivity index (χ0n) is 17.8. The maximum atomic E-state index is 11.8. The lowest BCUT2D eigenvalue weighted by Crippen LogP contribution is -2.40. The van der Waals surface area contributed by atoms with Crippen molar-refractivity contribution in [2.24, 2.45) is 17.4 Å². The minimum atomic E-state index is -0.725. The molecule has 0 fully saturated rings. The van der Waals surface area contributed by atoms with Crippen LogP contribution in [-0.2, 0) is 19.2 Å². The minimum Gasteiger partial charge on any atom is -0.355 e. The van der Waals surface area contributed by atoms with E-state index in [0.717, 1.165) is 32.1 Å². The van der Waals surface area contributed by atoms with Gasteiger partial charge >= 0.3 is 0 Å². The molecule has 0 aromatic carbocycles. The number of Topliss-reactive ketones (excluding diaryl/α,β-unsaturated/α-hetero) is 2. The number of hydrogen-bond donors (Lipinski definition) is 4. The topological polar surface area (TPSA) is 144 Å². The SMILES string of the molecule is CC(C)[C@H](N)C(=O)C(=O)CCCCCNC(=O)CSCC(=O)NCCCCCN. The summed E-state index contributed by atoms with van der Waals surface area (Å²) in [5.41, 5.74) is 11.1. The second-order valence-corrected chi connectivity index (χ2v) is 8.40. The standard InChI is InChI=1S/C20H38N4O4S/c1-15(2)19(22)20(28)16(25)9-5-3-7-11-23-17(26)13-29-14-18(27)24-12-8-4-6-10-21/h15,19H,3-14,21-22H2,1-2H3,(H,23,26)(H,24,27)/t19-/m0/s1. The van der Waals surface area contributed by atoms with E-state index in [4.69, 9.17) is 11.5 Å². The molecule has 0 spiro atoms. The highest BCUT2D eigenvalue weighted by Crippen LogP contribution is 2.06. The lowest BCUT2D eigenvalue weighted by Gasteiger charge is -2.12. The highest BCUT2D eigenvalue weighted by molar-refractivity contribution is 8.00. The molecule has 2 amide bonds. The van der Waals surface area contributed by atoms with Crippen LogP contribution in [0.1, 0.15) is 58.8 Å². The summed E-state index contributed by atoms with van der Waals surface area (Å²) in [6.07, 6.45) is 5.16. The number of rotatable bonds is 18. The van der Waals surface area contributed by atoms with E-state index in [9.17, 15) is 19.2 Å². The number of ketones is 2. The molecule has 0 unspecified atom stereocenters. The molecule has 0 aromatic rings. The van der Waals surface area contributed by atoms with E-state index in [1.165, 1.54) is 11.8 Å². The summed E-state index contributed by atoms with van der Waals surface area (Å²) in [4.78, 5) is 46.9. The van der Waals surface area contributed by atoms with E-state index in [0.29, 0.717) is 26.1 Å². The molecule has 0 bridgehead atoms. The highest BCUT2D eigenvalue weighted by Gasteiger charge is 2.23. The Morgan fingerprint density at radius 2 is 1.34 bits per heavy atom. The van der Waals surface area contributed by atoms with Crippen LogP contribution in [-0.4, -0.2) is 60.6 Å². The Morgan fingerprint density at radius 3 is 1.83 bits per heavy atom. The molecule has 0 radical (unpaired) electrons. The molecule has 0 saturated heterocycles. The summed E-state index contributed by atoms with van der Waals surface area (Å²) in [5, 5.41) is 5.61. The van der Waals surface area contributed by atoms with Crippen molar-refractivity contribution in [2.75, 3.05) is 31.1 Å². The molecule has 9 heteroatoms. The molecular formula is C20H38N4O4S. The van der Waals surface area contributed by atoms with Crippen molar-refractivity contribution in [3.05, 3.63) is 0 Å². The second-order valence-electron chi connectivity index (χ2n) is 7.41. The van der Waals surface area contributed by atoms with Crippen molar-refractivity contribution >= 4 is 35.1 Å². The largest absolute Gasteiger partial charge is 0.355 e. The summed E-state index contributed by atoms with van der Waals surface area (Å²) in [7, 11) is 0. The molecule has 8 nitrogen and oxygen atoms in total. The Morgan fingerprint density at radius 1 is 0.828 bits per heavy atom. The summed E-state index contributed by atoms with van der Waals surface area (Å²) in [6.45, 7) is 5.45. The maximum absolute atomic E-state index is 11.8. The molecule has 29 heavy (non-hydrogen) atoms. The number of carbonyl (C=O) groups excluding carboxylic acids is 4. The predicted octanol–water partition coefficient (Wildman–Crippen LogP) is 0.763. The van der Waals surface area contributed by atoms with Gasteiger partial charge in [-0.05, 0) is 38.1 Å². The van der Waals surface area contributed by atoms with E-state index in [1.807, 2.05) is 13.8 Å². The maximum Gasteiger partial charge on any atom is 0.230 e. The zero-order valence-corrected chi connectivity index (χ0v) is 18.7. The van der Waals surface area contributed by atoms with Crippen LogP contribution in [0.2, 0.25) is 0 Å². The number of nitrogens with one attached hydrogen (secondary N) is 2. The molecule has 0 rings (SSSR count). The van der Waals surface area contributed by atoms with E-state index in [2.05, 4.69) is 10.6 Å². The van der Waals surface area contributed by atoms with E-state index >= 15 is 0 Å². The van der Waals surface area contributed by atoms with E-state index < -0.39 is 17.6 Å². The van der Waals surface area contributed by atoms with Gasteiger partial charge in [0.15, 0.2) is 5.78 Å². The van der Waals surface area contributed by atoms with Crippen molar-refractivity contribution < 1.29 is 19.2 Å². The number of nitrogens with two attached hydrogens (primary N) is 2. The molecule has 0 aliphatic carbocycles. The lowest BCUT2D eigenvalue weighted by molar-refractivity contribution is -0.137. The van der Waals surface area contributed by atoms with Gasteiger partial charge in [0.05, 0.1) is 17.5 Å². The third kappa shape index (κ3) is 15.1. The summed E-state index contributed by atoms with van der Waals surface area (Å²) in [6, 6.07) is -0.725. The summed E-state index contributed by atoms with van der Waals surface area (Å²) < 4.78 is 0. The third-order valence-corrected chi connectivity index (χ3v) is 5.30. The lowest BCUT2D eigenvalue weighted by atomic mass is 9.96. The first kappa shape index (κ1) is 27.5. The Hall–Kier alpha value is -1.45. The van der Waals surface area contributed by atoms with Crippen LogP contribution in [0, 0.1) is 5.92 Å². The Balaban J connectivity index is 3.62. The van der Waals surface area contributed by atoms with Gasteiger partial charge in [-0.1, -0.05) is 26.7 Å². The van der Waals surface area contributed by atoms with Crippen molar-refractivity contribution in [2.45, 2.75) is 64.8 Å². The smallest absolute Gasteiger partial charge is 0.230 e. The van der Waals surface area contributed by atoms with Crippen molar-refractivity contribution in [3.8, 4) is 0 Å². The predicted molar refractivity (Wildman–Crippen MR) is 118 cm³/mol. The van der Waals surface area contributed by atoms with Gasteiger partial charge in [0, 0.05) is 19.5 Å². The average Bonchev–Trinajstić information content (AvgIpc) is 2.68. The van der Waals surface area contributed by atoms with Crippen LogP contribution in [0.4, 0.5) is 0 Å². The van der Waals surface area contributed by atoms with Gasteiger partial charge in [0.25, 0.3) is 0 Å². The molecule has 0 aliphatic heterocycles. The van der Waals surface area contributed by atoms with Crippen LogP contribution in [0.3, 0.4) is 0 Å². The van der Waals surface area contributed by atoms with Crippen molar-refractivity contribution in [1.82, 2.24) is 10.6 Å². The van der Waals surface area contributed by atoms with Crippen LogP contribution in [0.25, 0.3) is 0 Å². The molecule has 168 valence electrons. The normalized spacial score (nSPS) is 11.9. The first-order chi connectivity index (χ1) is 13.8. The van der Waals surface area contributed by atoms with Gasteiger partial charge in [-0.2, -0.15) is 0 Å². The van der Waals surface area contributed by atoms with Gasteiger partial charge in [-0.15, -0.1) is 11.8 Å². The number of hydrogen-bond acceptors (Lipinski definition) is 7. The van der Waals surface area contributed by atoms with Crippen molar-refractivity contribution in [3.63, 3.8) is 0 Å². The van der Waals surface area contributed by atoms with Gasteiger partial charge in [-0.3, -0.25) is 19.2 Å². The number of amides is 2. The molecule has 0 aliphatic rings. The number of carbonyl (C=O) groups is 4. The Bertz CT molecular complexity index is 515. The van der Waals surface area contributed by atoms with Crippen LogP contribution < -0.4 is 22.1 Å². The highest BCUT2D eigenvalue weighted by atomic mass is 32.2. The van der Waals surface area contributed by atoms with Crippen LogP contribution >= 0.6 is 11.8 Å². The monoisotopic (exact) mass is 430 g/mol. The number of thioether (sulfide) groups is 1. The van der Waals surface area contributed by atoms with Gasteiger partial charge in [-0.25, -0.2) is 0 Å². The zero-order chi connectivity index (χ0) is 22.1. The molecule has 1 atom stereocenters. The van der Waals surface area contributed by atoms with Crippen LogP contribution in [0.5, 0.6) is 0 Å². The van der Waals surface area contributed by atoms with Gasteiger partial charge in [0.2, 0.25) is 17.6 Å². The molecule has 0 aromatic heterocycles. The molecular weight excluding hydrogens is 392 g/mol. The second kappa shape index (κ2) is 17.4. The Kier molecular flexibility index (Phi) is 16.5. The molecule has 6 N–H and O–H groups in total. The van der Waals surface area contributed by atoms with E-state index in [1.54, 1.807) is 0 Å². The first-order valence-electron chi connectivity index (χ1n) is 10.4. The fourth-order valence-corrected chi connectivity index (χ4v) is 3.12. The summed E-state index contributed by atoms with van der Waals surface area (Å²) in [5.74, 6) is -0.632. The van der Waals surface area contributed by atoms with Gasteiger partial charge in [0.1, 0.15) is 0 Å².